The number of hydrogen-bond acceptors (Lipinski definition) is 5. The van der Waals surface area contributed by atoms with Crippen molar-refractivity contribution in [3.8, 4) is 0 Å². The molecule has 3 aromatic rings. The van der Waals surface area contributed by atoms with Gasteiger partial charge in [0.25, 0.3) is 0 Å². The number of aromatic nitrogens is 2. The summed E-state index contributed by atoms with van der Waals surface area (Å²) in [5.74, 6) is -0.788. The Kier molecular flexibility index (Phi) is 5.13. The molecule has 0 fully saturated rings. The van der Waals surface area contributed by atoms with E-state index in [1.165, 1.54) is 20.0 Å². The number of nitrogens with one attached hydrogen (secondary N) is 3. The Labute approximate surface area is 153 Å². The van der Waals surface area contributed by atoms with Gasteiger partial charge in [-0.2, -0.15) is 0 Å². The zero-order valence-electron chi connectivity index (χ0n) is 14.3. The molecule has 0 aliphatic rings. The first-order valence-electron chi connectivity index (χ1n) is 8.03. The fraction of sp³-hybridized carbons (Fsp3) is 0.222. The second-order valence-corrected chi connectivity index (χ2v) is 6.92. The second-order valence-electron chi connectivity index (χ2n) is 5.89. The van der Waals surface area contributed by atoms with Gasteiger partial charge in [-0.25, -0.2) is 4.98 Å². The monoisotopic (exact) mass is 370 g/mol. The Bertz CT molecular complexity index is 976. The number of hydrogen-bond donors (Lipinski definition) is 3. The number of anilines is 1. The summed E-state index contributed by atoms with van der Waals surface area (Å²) in [5, 5.41) is 6.68. The highest BCUT2D eigenvalue weighted by atomic mass is 32.1. The van der Waals surface area contributed by atoms with Crippen molar-refractivity contribution in [2.24, 2.45) is 0 Å². The van der Waals surface area contributed by atoms with Gasteiger partial charge in [-0.05, 0) is 11.6 Å². The normalized spacial score (nSPS) is 11.9. The van der Waals surface area contributed by atoms with Crippen molar-refractivity contribution in [3.63, 3.8) is 0 Å². The Hall–Kier alpha value is -3.00. The van der Waals surface area contributed by atoms with E-state index in [0.717, 1.165) is 27.8 Å². The molecule has 1 aromatic carbocycles. The number of Topliss-reactive ketones (excluding diaryl/α,β-unsaturated/α-hetero) is 1. The van der Waals surface area contributed by atoms with E-state index < -0.39 is 6.04 Å². The molecule has 0 aliphatic heterocycles. The van der Waals surface area contributed by atoms with Crippen LogP contribution < -0.4 is 10.6 Å². The van der Waals surface area contributed by atoms with E-state index in [-0.39, 0.29) is 17.6 Å². The van der Waals surface area contributed by atoms with Crippen molar-refractivity contribution in [3.05, 3.63) is 47.1 Å². The van der Waals surface area contributed by atoms with Crippen LogP contribution in [0.5, 0.6) is 0 Å². The van der Waals surface area contributed by atoms with E-state index in [1.54, 1.807) is 0 Å². The lowest BCUT2D eigenvalue weighted by Gasteiger charge is -2.16. The molecule has 134 valence electrons. The molecule has 2 aromatic heterocycles. The molecule has 3 rings (SSSR count). The molecule has 1 atom stereocenters. The van der Waals surface area contributed by atoms with E-state index in [2.05, 4.69) is 20.6 Å². The number of nitrogens with zero attached hydrogens (tertiary/aromatic N) is 1. The van der Waals surface area contributed by atoms with Crippen LogP contribution in [0.25, 0.3) is 10.9 Å². The molecule has 1 unspecified atom stereocenters. The zero-order chi connectivity index (χ0) is 18.7. The molecule has 0 aliphatic carbocycles. The van der Waals surface area contributed by atoms with Crippen LogP contribution in [0.15, 0.2) is 36.7 Å². The van der Waals surface area contributed by atoms with Crippen LogP contribution in [0.3, 0.4) is 0 Å². The van der Waals surface area contributed by atoms with Gasteiger partial charge in [0.2, 0.25) is 11.8 Å². The van der Waals surface area contributed by atoms with Gasteiger partial charge in [0, 0.05) is 37.4 Å². The number of amides is 2. The zero-order valence-corrected chi connectivity index (χ0v) is 15.1. The lowest BCUT2D eigenvalue weighted by molar-refractivity contribution is -0.125. The predicted octanol–water partition coefficient (Wildman–Crippen LogP) is 2.51. The summed E-state index contributed by atoms with van der Waals surface area (Å²) in [6, 6.07) is 7.01. The molecule has 0 saturated carbocycles. The third-order valence-corrected chi connectivity index (χ3v) is 4.89. The van der Waals surface area contributed by atoms with Gasteiger partial charge >= 0.3 is 0 Å². The maximum Gasteiger partial charge on any atom is 0.249 e. The van der Waals surface area contributed by atoms with Gasteiger partial charge in [-0.3, -0.25) is 14.4 Å². The molecule has 0 bridgehead atoms. The maximum atomic E-state index is 12.6. The van der Waals surface area contributed by atoms with Crippen LogP contribution in [0.4, 0.5) is 5.13 Å². The lowest BCUT2D eigenvalue weighted by Crippen LogP contribution is -2.44. The highest BCUT2D eigenvalue weighted by Gasteiger charge is 2.22. The summed E-state index contributed by atoms with van der Waals surface area (Å²) in [6.45, 7) is 2.81. The molecular weight excluding hydrogens is 352 g/mol. The van der Waals surface area contributed by atoms with E-state index in [0.29, 0.717) is 16.4 Å². The van der Waals surface area contributed by atoms with E-state index >= 15 is 0 Å². The smallest absolute Gasteiger partial charge is 0.249 e. The summed E-state index contributed by atoms with van der Waals surface area (Å²) in [6.07, 6.45) is 3.60. The number of H-pyrrole nitrogens is 1. The fourth-order valence-corrected chi connectivity index (χ4v) is 3.38. The number of para-hydroxylation sites is 1. The molecule has 7 nitrogen and oxygen atoms in total. The lowest BCUT2D eigenvalue weighted by atomic mass is 10.0. The van der Waals surface area contributed by atoms with Crippen LogP contribution in [0.2, 0.25) is 0 Å². The number of aromatic amines is 1. The molecule has 2 heterocycles. The fourth-order valence-electron chi connectivity index (χ4n) is 2.66. The van der Waals surface area contributed by atoms with Gasteiger partial charge in [-0.1, -0.05) is 29.5 Å². The summed E-state index contributed by atoms with van der Waals surface area (Å²) >= 11 is 1.10. The largest absolute Gasteiger partial charge is 0.361 e. The van der Waals surface area contributed by atoms with Gasteiger partial charge in [0.05, 0.1) is 11.1 Å². The van der Waals surface area contributed by atoms with Crippen LogP contribution in [0, 0.1) is 0 Å². The summed E-state index contributed by atoms with van der Waals surface area (Å²) < 4.78 is 0. The Morgan fingerprint density at radius 2 is 2.00 bits per heavy atom. The summed E-state index contributed by atoms with van der Waals surface area (Å²) in [4.78, 5) is 43.2. The third kappa shape index (κ3) is 3.97. The minimum absolute atomic E-state index is 0.111. The first-order valence-corrected chi connectivity index (χ1v) is 8.85. The van der Waals surface area contributed by atoms with E-state index in [1.807, 2.05) is 30.5 Å². The van der Waals surface area contributed by atoms with Crippen LogP contribution in [-0.2, 0) is 16.0 Å². The molecule has 2 amide bonds. The Morgan fingerprint density at radius 1 is 1.23 bits per heavy atom. The number of fused-ring (bicyclic) bond motifs is 1. The highest BCUT2D eigenvalue weighted by Crippen LogP contribution is 2.21. The Balaban J connectivity index is 1.79. The molecule has 0 spiro atoms. The van der Waals surface area contributed by atoms with Crippen LogP contribution in [0.1, 0.15) is 29.1 Å². The minimum atomic E-state index is -0.753. The van der Waals surface area contributed by atoms with Crippen molar-refractivity contribution in [2.45, 2.75) is 26.3 Å². The number of ketones is 1. The number of thiazole rings is 1. The molecule has 3 N–H and O–H groups in total. The van der Waals surface area contributed by atoms with Crippen molar-refractivity contribution >= 4 is 45.0 Å². The quantitative estimate of drug-likeness (QED) is 0.580. The van der Waals surface area contributed by atoms with Crippen molar-refractivity contribution in [1.82, 2.24) is 15.3 Å². The number of rotatable bonds is 6. The average Bonchev–Trinajstić information content (AvgIpc) is 3.21. The molecule has 0 saturated heterocycles. The van der Waals surface area contributed by atoms with Crippen molar-refractivity contribution in [1.29, 1.82) is 0 Å². The standard InChI is InChI=1S/C18H18N4O3S/c1-10(23)16-9-20-18(26-16)22-17(25)15(21-11(2)24)7-12-8-19-14-6-4-3-5-13(12)14/h3-6,8-9,15,19H,7H2,1-2H3,(H,21,24)(H,20,22,25). The van der Waals surface area contributed by atoms with Crippen molar-refractivity contribution in [2.75, 3.05) is 5.32 Å². The summed E-state index contributed by atoms with van der Waals surface area (Å²) in [5.41, 5.74) is 1.90. The SMILES string of the molecule is CC(=O)NC(Cc1c[nH]c2ccccc12)C(=O)Nc1ncc(C(C)=O)s1. The van der Waals surface area contributed by atoms with E-state index in [9.17, 15) is 14.4 Å². The molecular formula is C18H18N4O3S. The summed E-state index contributed by atoms with van der Waals surface area (Å²) in [7, 11) is 0. The number of benzene rings is 1. The average molecular weight is 370 g/mol. The van der Waals surface area contributed by atoms with Crippen molar-refractivity contribution < 1.29 is 14.4 Å². The topological polar surface area (TPSA) is 104 Å². The highest BCUT2D eigenvalue weighted by molar-refractivity contribution is 7.17. The second kappa shape index (κ2) is 7.49. The molecule has 26 heavy (non-hydrogen) atoms. The first-order chi connectivity index (χ1) is 12.4. The maximum absolute atomic E-state index is 12.6. The van der Waals surface area contributed by atoms with Gasteiger partial charge in [0.1, 0.15) is 6.04 Å². The molecule has 8 heteroatoms. The molecule has 0 radical (unpaired) electrons. The van der Waals surface area contributed by atoms with Gasteiger partial charge in [0.15, 0.2) is 10.9 Å². The predicted molar refractivity (Wildman–Crippen MR) is 100 cm³/mol. The third-order valence-electron chi connectivity index (χ3n) is 3.88. The first kappa shape index (κ1) is 17.8. The van der Waals surface area contributed by atoms with Gasteiger partial charge < -0.3 is 15.6 Å². The van der Waals surface area contributed by atoms with Crippen LogP contribution >= 0.6 is 11.3 Å². The Morgan fingerprint density at radius 3 is 2.69 bits per heavy atom. The van der Waals surface area contributed by atoms with E-state index in [4.69, 9.17) is 0 Å². The van der Waals surface area contributed by atoms with Crippen LogP contribution in [-0.4, -0.2) is 33.6 Å². The minimum Gasteiger partial charge on any atom is -0.361 e. The number of carbonyl (C=O) groups is 3. The number of carbonyl (C=O) groups excluding carboxylic acids is 3. The van der Waals surface area contributed by atoms with Gasteiger partial charge in [-0.15, -0.1) is 0 Å².